The highest BCUT2D eigenvalue weighted by Crippen LogP contribution is 2.10. The summed E-state index contributed by atoms with van der Waals surface area (Å²) in [4.78, 5) is 8.80. The molecule has 17 heavy (non-hydrogen) atoms. The molecule has 0 aliphatic carbocycles. The van der Waals surface area contributed by atoms with Crippen molar-refractivity contribution in [1.29, 1.82) is 0 Å². The van der Waals surface area contributed by atoms with Gasteiger partial charge in [0, 0.05) is 32.2 Å². The highest BCUT2D eigenvalue weighted by Gasteiger charge is 2.07. The van der Waals surface area contributed by atoms with E-state index in [2.05, 4.69) is 26.8 Å². The van der Waals surface area contributed by atoms with Gasteiger partial charge in [-0.2, -0.15) is 0 Å². The van der Waals surface area contributed by atoms with Crippen molar-refractivity contribution >= 4 is 5.95 Å². The number of hydrogen-bond donors (Lipinski definition) is 1. The van der Waals surface area contributed by atoms with Crippen LogP contribution in [0.25, 0.3) is 0 Å². The van der Waals surface area contributed by atoms with Gasteiger partial charge in [0.15, 0.2) is 0 Å². The van der Waals surface area contributed by atoms with Crippen LogP contribution in [0.5, 0.6) is 0 Å². The molecule has 0 saturated carbocycles. The predicted molar refractivity (Wildman–Crippen MR) is 68.1 cm³/mol. The van der Waals surface area contributed by atoms with E-state index in [4.69, 9.17) is 0 Å². The molecule has 0 saturated heterocycles. The van der Waals surface area contributed by atoms with E-state index in [9.17, 15) is 0 Å². The summed E-state index contributed by atoms with van der Waals surface area (Å²) in [5.74, 6) is 1.95. The van der Waals surface area contributed by atoms with Crippen molar-refractivity contribution in [3.8, 4) is 0 Å². The third-order valence-corrected chi connectivity index (χ3v) is 2.66. The molecule has 0 fully saturated rings. The number of anilines is 1. The van der Waals surface area contributed by atoms with Gasteiger partial charge in [-0.1, -0.05) is 6.92 Å². The van der Waals surface area contributed by atoms with E-state index in [1.807, 2.05) is 37.1 Å². The van der Waals surface area contributed by atoms with Crippen molar-refractivity contribution < 1.29 is 0 Å². The van der Waals surface area contributed by atoms with Crippen LogP contribution in [0.4, 0.5) is 5.95 Å². The zero-order valence-corrected chi connectivity index (χ0v) is 10.6. The van der Waals surface area contributed by atoms with Crippen molar-refractivity contribution in [2.24, 2.45) is 7.05 Å². The summed E-state index contributed by atoms with van der Waals surface area (Å²) in [5, 5.41) is 3.33. The van der Waals surface area contributed by atoms with E-state index in [1.165, 1.54) is 0 Å². The zero-order valence-electron chi connectivity index (χ0n) is 10.6. The second-order valence-electron chi connectivity index (χ2n) is 4.21. The van der Waals surface area contributed by atoms with Gasteiger partial charge in [-0.25, -0.2) is 9.97 Å². The molecule has 2 aromatic heterocycles. The molecule has 5 nitrogen and oxygen atoms in total. The molecule has 1 N–H and O–H groups in total. The number of imidazole rings is 2. The van der Waals surface area contributed by atoms with Crippen molar-refractivity contribution in [3.05, 3.63) is 30.1 Å². The van der Waals surface area contributed by atoms with Crippen LogP contribution in [0.2, 0.25) is 0 Å². The highest BCUT2D eigenvalue weighted by molar-refractivity contribution is 5.29. The molecule has 0 aliphatic heterocycles. The molecular weight excluding hydrogens is 214 g/mol. The standard InChI is InChI=1S/C12H19N5/c1-4-5-14-12-15-10(2)8-17(12)9-11-13-6-7-16(11)3/h6-8H,4-5,9H2,1-3H3,(H,14,15). The van der Waals surface area contributed by atoms with E-state index in [0.717, 1.165) is 37.0 Å². The molecule has 2 rings (SSSR count). The van der Waals surface area contributed by atoms with Crippen LogP contribution in [0, 0.1) is 6.92 Å². The number of nitrogens with zero attached hydrogens (tertiary/aromatic N) is 4. The molecule has 2 heterocycles. The van der Waals surface area contributed by atoms with Gasteiger partial charge < -0.3 is 14.5 Å². The SMILES string of the molecule is CCCNc1nc(C)cn1Cc1nccn1C. The van der Waals surface area contributed by atoms with Crippen LogP contribution in [-0.2, 0) is 13.6 Å². The molecule has 0 aromatic carbocycles. The van der Waals surface area contributed by atoms with Gasteiger partial charge in [0.2, 0.25) is 5.95 Å². The van der Waals surface area contributed by atoms with Crippen LogP contribution in [0.1, 0.15) is 24.9 Å². The molecule has 0 atom stereocenters. The highest BCUT2D eigenvalue weighted by atomic mass is 15.2. The van der Waals surface area contributed by atoms with Gasteiger partial charge in [0.05, 0.1) is 12.2 Å². The van der Waals surface area contributed by atoms with E-state index >= 15 is 0 Å². The average molecular weight is 233 g/mol. The normalized spacial score (nSPS) is 10.8. The molecular formula is C12H19N5. The smallest absolute Gasteiger partial charge is 0.203 e. The van der Waals surface area contributed by atoms with Crippen LogP contribution >= 0.6 is 0 Å². The fourth-order valence-corrected chi connectivity index (χ4v) is 1.75. The number of rotatable bonds is 5. The minimum absolute atomic E-state index is 0.746. The fourth-order valence-electron chi connectivity index (χ4n) is 1.75. The van der Waals surface area contributed by atoms with E-state index < -0.39 is 0 Å². The Labute approximate surface area is 102 Å². The monoisotopic (exact) mass is 233 g/mol. The molecule has 5 heteroatoms. The molecule has 0 aliphatic rings. The Kier molecular flexibility index (Phi) is 3.46. The van der Waals surface area contributed by atoms with Crippen LogP contribution in [0.15, 0.2) is 18.6 Å². The third-order valence-electron chi connectivity index (χ3n) is 2.66. The van der Waals surface area contributed by atoms with Gasteiger partial charge >= 0.3 is 0 Å². The van der Waals surface area contributed by atoms with E-state index in [0.29, 0.717) is 0 Å². The molecule has 0 amide bonds. The first-order chi connectivity index (χ1) is 8.20. The molecule has 2 aromatic rings. The number of hydrogen-bond acceptors (Lipinski definition) is 3. The summed E-state index contributed by atoms with van der Waals surface area (Å²) in [6.45, 7) is 5.84. The van der Waals surface area contributed by atoms with Crippen molar-refractivity contribution in [2.45, 2.75) is 26.8 Å². The quantitative estimate of drug-likeness (QED) is 0.856. The van der Waals surface area contributed by atoms with E-state index in [1.54, 1.807) is 0 Å². The van der Waals surface area contributed by atoms with Gasteiger partial charge in [0.1, 0.15) is 5.82 Å². The Morgan fingerprint density at radius 1 is 1.41 bits per heavy atom. The number of nitrogens with one attached hydrogen (secondary N) is 1. The lowest BCUT2D eigenvalue weighted by Gasteiger charge is -2.08. The van der Waals surface area contributed by atoms with Crippen LogP contribution in [0.3, 0.4) is 0 Å². The summed E-state index contributed by atoms with van der Waals surface area (Å²) in [6, 6.07) is 0. The maximum absolute atomic E-state index is 4.47. The van der Waals surface area contributed by atoms with Crippen LogP contribution in [-0.4, -0.2) is 25.6 Å². The first-order valence-electron chi connectivity index (χ1n) is 5.94. The predicted octanol–water partition coefficient (Wildman–Crippen LogP) is 1.80. The Morgan fingerprint density at radius 2 is 2.24 bits per heavy atom. The minimum atomic E-state index is 0.746. The van der Waals surface area contributed by atoms with Crippen molar-refractivity contribution in [3.63, 3.8) is 0 Å². The molecule has 0 unspecified atom stereocenters. The second kappa shape index (κ2) is 5.03. The second-order valence-corrected chi connectivity index (χ2v) is 4.21. The van der Waals surface area contributed by atoms with Crippen molar-refractivity contribution in [2.75, 3.05) is 11.9 Å². The number of aryl methyl sites for hydroxylation is 2. The summed E-state index contributed by atoms with van der Waals surface area (Å²) >= 11 is 0. The molecule has 0 spiro atoms. The first-order valence-corrected chi connectivity index (χ1v) is 5.94. The number of aromatic nitrogens is 4. The molecule has 0 bridgehead atoms. The van der Waals surface area contributed by atoms with E-state index in [-0.39, 0.29) is 0 Å². The van der Waals surface area contributed by atoms with Gasteiger partial charge in [-0.05, 0) is 13.3 Å². The van der Waals surface area contributed by atoms with Crippen LogP contribution < -0.4 is 5.32 Å². The average Bonchev–Trinajstić information content (AvgIpc) is 2.84. The lowest BCUT2D eigenvalue weighted by molar-refractivity contribution is 0.700. The maximum Gasteiger partial charge on any atom is 0.203 e. The Hall–Kier alpha value is -1.78. The lowest BCUT2D eigenvalue weighted by Crippen LogP contribution is -2.11. The Morgan fingerprint density at radius 3 is 2.88 bits per heavy atom. The molecule has 92 valence electrons. The fraction of sp³-hybridized carbons (Fsp3) is 0.500. The summed E-state index contributed by atoms with van der Waals surface area (Å²) in [6.07, 6.45) is 6.91. The third kappa shape index (κ3) is 2.67. The minimum Gasteiger partial charge on any atom is -0.356 e. The van der Waals surface area contributed by atoms with Crippen molar-refractivity contribution in [1.82, 2.24) is 19.1 Å². The van der Waals surface area contributed by atoms with Gasteiger partial charge in [-0.3, -0.25) is 0 Å². The van der Waals surface area contributed by atoms with Gasteiger partial charge in [0.25, 0.3) is 0 Å². The summed E-state index contributed by atoms with van der Waals surface area (Å²) in [7, 11) is 2.01. The summed E-state index contributed by atoms with van der Waals surface area (Å²) in [5.41, 5.74) is 1.03. The lowest BCUT2D eigenvalue weighted by atomic mass is 10.5. The Bertz CT molecular complexity index is 483. The Balaban J connectivity index is 2.17. The molecule has 0 radical (unpaired) electrons. The van der Waals surface area contributed by atoms with Gasteiger partial charge in [-0.15, -0.1) is 0 Å². The maximum atomic E-state index is 4.47. The topological polar surface area (TPSA) is 47.7 Å². The summed E-state index contributed by atoms with van der Waals surface area (Å²) < 4.78 is 4.13. The zero-order chi connectivity index (χ0) is 12.3. The largest absolute Gasteiger partial charge is 0.356 e. The first kappa shape index (κ1) is 11.7.